The molecule has 0 amide bonds. The van der Waals surface area contributed by atoms with Crippen LogP contribution in [-0.2, 0) is 0 Å². The van der Waals surface area contributed by atoms with Gasteiger partial charge in [0.1, 0.15) is 0 Å². The summed E-state index contributed by atoms with van der Waals surface area (Å²) in [5, 5.41) is 8.72. The van der Waals surface area contributed by atoms with Crippen LogP contribution in [0.1, 0.15) is 26.7 Å². The summed E-state index contributed by atoms with van der Waals surface area (Å²) in [5.74, 6) is -0.657. The van der Waals surface area contributed by atoms with E-state index >= 15 is 0 Å². The van der Waals surface area contributed by atoms with E-state index in [0.29, 0.717) is 12.8 Å². The third-order valence-corrected chi connectivity index (χ3v) is 1.83. The average Bonchev–Trinajstić information content (AvgIpc) is 1.88. The zero-order valence-corrected chi connectivity index (χ0v) is 6.65. The van der Waals surface area contributed by atoms with Crippen molar-refractivity contribution in [3.05, 3.63) is 0 Å². The Kier molecular flexibility index (Phi) is 3.86. The first-order valence-corrected chi connectivity index (χ1v) is 3.68. The molecule has 0 aromatic carbocycles. The second-order valence-corrected chi connectivity index (χ2v) is 2.56. The number of alkyl halides is 3. The maximum absolute atomic E-state index is 11.8. The first-order valence-electron chi connectivity index (χ1n) is 3.68. The molecular weight excluding hydrogens is 157 g/mol. The molecule has 68 valence electrons. The predicted molar refractivity (Wildman–Crippen MR) is 36.1 cm³/mol. The van der Waals surface area contributed by atoms with Crippen molar-refractivity contribution in [1.82, 2.24) is 0 Å². The SMILES string of the molecule is CCC(CC)C(O)C(F)(F)F. The van der Waals surface area contributed by atoms with Gasteiger partial charge in [-0.15, -0.1) is 0 Å². The van der Waals surface area contributed by atoms with Crippen molar-refractivity contribution >= 4 is 0 Å². The van der Waals surface area contributed by atoms with Crippen LogP contribution in [0.2, 0.25) is 0 Å². The summed E-state index contributed by atoms with van der Waals surface area (Å²) in [5.41, 5.74) is 0. The molecule has 1 N–H and O–H groups in total. The molecule has 0 aliphatic heterocycles. The first kappa shape index (κ1) is 10.8. The Morgan fingerprint density at radius 3 is 1.64 bits per heavy atom. The van der Waals surface area contributed by atoms with E-state index in [2.05, 4.69) is 0 Å². The zero-order valence-electron chi connectivity index (χ0n) is 6.65. The van der Waals surface area contributed by atoms with Crippen molar-refractivity contribution in [2.24, 2.45) is 5.92 Å². The highest BCUT2D eigenvalue weighted by molar-refractivity contribution is 4.72. The summed E-state index contributed by atoms with van der Waals surface area (Å²) < 4.78 is 35.5. The summed E-state index contributed by atoms with van der Waals surface area (Å²) in [7, 11) is 0. The van der Waals surface area contributed by atoms with Crippen molar-refractivity contribution in [3.63, 3.8) is 0 Å². The highest BCUT2D eigenvalue weighted by Gasteiger charge is 2.41. The molecule has 0 aliphatic carbocycles. The van der Waals surface area contributed by atoms with Crippen LogP contribution in [0.25, 0.3) is 0 Å². The summed E-state index contributed by atoms with van der Waals surface area (Å²) in [6.07, 6.45) is -5.90. The molecule has 1 atom stereocenters. The molecule has 1 nitrogen and oxygen atoms in total. The maximum Gasteiger partial charge on any atom is 0.414 e. The molecule has 0 fully saturated rings. The van der Waals surface area contributed by atoms with E-state index in [1.807, 2.05) is 0 Å². The number of halogens is 3. The summed E-state index contributed by atoms with van der Waals surface area (Å²) in [4.78, 5) is 0. The Balaban J connectivity index is 4.09. The lowest BCUT2D eigenvalue weighted by Crippen LogP contribution is -2.35. The van der Waals surface area contributed by atoms with Crippen LogP contribution in [0, 0.1) is 5.92 Å². The zero-order chi connectivity index (χ0) is 9.07. The van der Waals surface area contributed by atoms with Crippen LogP contribution >= 0.6 is 0 Å². The second-order valence-electron chi connectivity index (χ2n) is 2.56. The van der Waals surface area contributed by atoms with Gasteiger partial charge in [-0.05, 0) is 5.92 Å². The summed E-state index contributed by atoms with van der Waals surface area (Å²) >= 11 is 0. The maximum atomic E-state index is 11.8. The molecule has 0 heterocycles. The van der Waals surface area contributed by atoms with Crippen LogP contribution in [0.3, 0.4) is 0 Å². The number of aliphatic hydroxyl groups excluding tert-OH is 1. The number of hydrogen-bond donors (Lipinski definition) is 1. The van der Waals surface area contributed by atoms with Gasteiger partial charge in [-0.1, -0.05) is 26.7 Å². The molecule has 11 heavy (non-hydrogen) atoms. The van der Waals surface area contributed by atoms with Crippen LogP contribution in [0.4, 0.5) is 13.2 Å². The fourth-order valence-electron chi connectivity index (χ4n) is 1.00. The highest BCUT2D eigenvalue weighted by atomic mass is 19.4. The predicted octanol–water partition coefficient (Wildman–Crippen LogP) is 2.35. The van der Waals surface area contributed by atoms with Crippen molar-refractivity contribution in [1.29, 1.82) is 0 Å². The van der Waals surface area contributed by atoms with Gasteiger partial charge in [-0.25, -0.2) is 0 Å². The van der Waals surface area contributed by atoms with Crippen LogP contribution in [0.5, 0.6) is 0 Å². The molecule has 0 saturated carbocycles. The fraction of sp³-hybridized carbons (Fsp3) is 1.00. The molecule has 0 spiro atoms. The molecule has 0 radical (unpaired) electrons. The summed E-state index contributed by atoms with van der Waals surface area (Å²) in [6, 6.07) is 0. The Bertz CT molecular complexity index is 107. The molecular formula is C7H13F3O. The molecule has 0 aromatic heterocycles. The Hall–Kier alpha value is -0.250. The minimum atomic E-state index is -4.46. The van der Waals surface area contributed by atoms with E-state index in [0.717, 1.165) is 0 Å². The Labute approximate surface area is 64.2 Å². The molecule has 4 heteroatoms. The van der Waals surface area contributed by atoms with E-state index in [1.54, 1.807) is 13.8 Å². The Morgan fingerprint density at radius 2 is 1.55 bits per heavy atom. The van der Waals surface area contributed by atoms with Crippen molar-refractivity contribution in [3.8, 4) is 0 Å². The third kappa shape index (κ3) is 3.10. The van der Waals surface area contributed by atoms with Gasteiger partial charge in [0, 0.05) is 0 Å². The minimum absolute atomic E-state index is 0.358. The number of hydrogen-bond acceptors (Lipinski definition) is 1. The van der Waals surface area contributed by atoms with E-state index in [1.165, 1.54) is 0 Å². The van der Waals surface area contributed by atoms with Crippen LogP contribution in [0.15, 0.2) is 0 Å². The van der Waals surface area contributed by atoms with E-state index in [4.69, 9.17) is 5.11 Å². The smallest absolute Gasteiger partial charge is 0.383 e. The number of rotatable bonds is 3. The molecule has 0 saturated heterocycles. The topological polar surface area (TPSA) is 20.2 Å². The van der Waals surface area contributed by atoms with E-state index < -0.39 is 18.2 Å². The summed E-state index contributed by atoms with van der Waals surface area (Å²) in [6.45, 7) is 3.28. The lowest BCUT2D eigenvalue weighted by atomic mass is 9.96. The van der Waals surface area contributed by atoms with Gasteiger partial charge in [-0.2, -0.15) is 13.2 Å². The second kappa shape index (κ2) is 3.95. The van der Waals surface area contributed by atoms with Gasteiger partial charge in [0.05, 0.1) is 0 Å². The molecule has 0 rings (SSSR count). The van der Waals surface area contributed by atoms with Crippen LogP contribution < -0.4 is 0 Å². The monoisotopic (exact) mass is 170 g/mol. The fourth-order valence-corrected chi connectivity index (χ4v) is 1.00. The van der Waals surface area contributed by atoms with Crippen molar-refractivity contribution in [2.45, 2.75) is 39.0 Å². The molecule has 0 aromatic rings. The minimum Gasteiger partial charge on any atom is -0.383 e. The van der Waals surface area contributed by atoms with Gasteiger partial charge in [0.2, 0.25) is 0 Å². The molecule has 1 unspecified atom stereocenters. The normalized spacial score (nSPS) is 15.5. The number of aliphatic hydroxyl groups is 1. The third-order valence-electron chi connectivity index (χ3n) is 1.83. The van der Waals surface area contributed by atoms with Gasteiger partial charge in [0.25, 0.3) is 0 Å². The lowest BCUT2D eigenvalue weighted by molar-refractivity contribution is -0.220. The van der Waals surface area contributed by atoms with E-state index in [9.17, 15) is 13.2 Å². The Morgan fingerprint density at radius 1 is 1.18 bits per heavy atom. The largest absolute Gasteiger partial charge is 0.414 e. The highest BCUT2D eigenvalue weighted by Crippen LogP contribution is 2.28. The quantitative estimate of drug-likeness (QED) is 0.689. The van der Waals surface area contributed by atoms with E-state index in [-0.39, 0.29) is 0 Å². The van der Waals surface area contributed by atoms with Crippen LogP contribution in [-0.4, -0.2) is 17.4 Å². The average molecular weight is 170 g/mol. The lowest BCUT2D eigenvalue weighted by Gasteiger charge is -2.22. The van der Waals surface area contributed by atoms with Gasteiger partial charge in [0.15, 0.2) is 6.10 Å². The van der Waals surface area contributed by atoms with Gasteiger partial charge in [-0.3, -0.25) is 0 Å². The van der Waals surface area contributed by atoms with Gasteiger partial charge < -0.3 is 5.11 Å². The molecule has 0 aliphatic rings. The van der Waals surface area contributed by atoms with Gasteiger partial charge >= 0.3 is 6.18 Å². The standard InChI is InChI=1S/C7H13F3O/c1-3-5(4-2)6(11)7(8,9)10/h5-6,11H,3-4H2,1-2H3. The van der Waals surface area contributed by atoms with Crippen molar-refractivity contribution in [2.75, 3.05) is 0 Å². The first-order chi connectivity index (χ1) is 4.93. The van der Waals surface area contributed by atoms with Crippen molar-refractivity contribution < 1.29 is 18.3 Å². The molecule has 0 bridgehead atoms.